The van der Waals surface area contributed by atoms with E-state index in [0.29, 0.717) is 22.0 Å². The summed E-state index contributed by atoms with van der Waals surface area (Å²) in [5.41, 5.74) is 4.62. The number of nitrogens with zero attached hydrogens (tertiary/aromatic N) is 2. The molecule has 3 aromatic rings. The molecule has 23 heavy (non-hydrogen) atoms. The Balaban J connectivity index is 1.94. The molecular formula is C18H14ClFN2O. The summed E-state index contributed by atoms with van der Waals surface area (Å²) in [6.07, 6.45) is 3.33. The third-order valence-electron chi connectivity index (χ3n) is 4.22. The van der Waals surface area contributed by atoms with Crippen LogP contribution in [0.15, 0.2) is 34.9 Å². The fourth-order valence-corrected chi connectivity index (χ4v) is 3.37. The second kappa shape index (κ2) is 5.46. The van der Waals surface area contributed by atoms with Crippen LogP contribution < -0.4 is 0 Å². The first-order valence-corrected chi connectivity index (χ1v) is 7.91. The van der Waals surface area contributed by atoms with Gasteiger partial charge in [-0.1, -0.05) is 35.0 Å². The molecule has 1 heterocycles. The lowest BCUT2D eigenvalue weighted by molar-refractivity contribution is 0.394. The standard InChI is InChI=1S/C18H14ClFN2O/c1-10-21-18(22-23-10)17-15(8-14(19)9-16(17)20)13-6-5-11-3-2-4-12(11)7-13/h5-9H,2-4H2,1H3. The van der Waals surface area contributed by atoms with Crippen molar-refractivity contribution < 1.29 is 8.91 Å². The minimum absolute atomic E-state index is 0.243. The molecule has 0 atom stereocenters. The summed E-state index contributed by atoms with van der Waals surface area (Å²) in [6.45, 7) is 1.68. The van der Waals surface area contributed by atoms with Gasteiger partial charge in [-0.25, -0.2) is 4.39 Å². The van der Waals surface area contributed by atoms with Crippen molar-refractivity contribution in [3.63, 3.8) is 0 Å². The zero-order chi connectivity index (χ0) is 16.0. The van der Waals surface area contributed by atoms with Crippen LogP contribution >= 0.6 is 11.6 Å². The Morgan fingerprint density at radius 1 is 1.13 bits per heavy atom. The van der Waals surface area contributed by atoms with Crippen molar-refractivity contribution in [2.75, 3.05) is 0 Å². The fraction of sp³-hybridized carbons (Fsp3) is 0.222. The Labute approximate surface area is 138 Å². The highest BCUT2D eigenvalue weighted by molar-refractivity contribution is 6.31. The van der Waals surface area contributed by atoms with Crippen LogP contribution in [-0.2, 0) is 12.8 Å². The van der Waals surface area contributed by atoms with Gasteiger partial charge in [0.05, 0.1) is 5.56 Å². The van der Waals surface area contributed by atoms with E-state index in [4.69, 9.17) is 16.1 Å². The highest BCUT2D eigenvalue weighted by Gasteiger charge is 2.20. The van der Waals surface area contributed by atoms with Crippen molar-refractivity contribution in [1.29, 1.82) is 0 Å². The van der Waals surface area contributed by atoms with Crippen molar-refractivity contribution >= 4 is 11.6 Å². The van der Waals surface area contributed by atoms with E-state index in [1.54, 1.807) is 13.0 Å². The van der Waals surface area contributed by atoms with Gasteiger partial charge in [-0.3, -0.25) is 0 Å². The average Bonchev–Trinajstić information content (AvgIpc) is 3.14. The molecule has 1 aliphatic carbocycles. The van der Waals surface area contributed by atoms with E-state index in [1.807, 2.05) is 6.07 Å². The lowest BCUT2D eigenvalue weighted by Gasteiger charge is -2.11. The number of aromatic nitrogens is 2. The normalized spacial score (nSPS) is 13.3. The minimum atomic E-state index is -0.450. The molecule has 0 bridgehead atoms. The maximum atomic E-state index is 14.6. The summed E-state index contributed by atoms with van der Waals surface area (Å²) < 4.78 is 19.6. The summed E-state index contributed by atoms with van der Waals surface area (Å²) in [5.74, 6) is 0.190. The lowest BCUT2D eigenvalue weighted by atomic mass is 9.96. The van der Waals surface area contributed by atoms with E-state index in [1.165, 1.54) is 23.6 Å². The lowest BCUT2D eigenvalue weighted by Crippen LogP contribution is -1.94. The molecule has 1 aromatic heterocycles. The van der Waals surface area contributed by atoms with Gasteiger partial charge in [-0.2, -0.15) is 4.98 Å². The van der Waals surface area contributed by atoms with Crippen LogP contribution in [0.25, 0.3) is 22.5 Å². The van der Waals surface area contributed by atoms with Crippen molar-refractivity contribution in [3.05, 3.63) is 58.2 Å². The average molecular weight is 329 g/mol. The largest absolute Gasteiger partial charge is 0.339 e. The van der Waals surface area contributed by atoms with Crippen molar-refractivity contribution in [1.82, 2.24) is 10.1 Å². The van der Waals surface area contributed by atoms with Gasteiger partial charge in [0.1, 0.15) is 5.82 Å². The fourth-order valence-electron chi connectivity index (χ4n) is 3.17. The first-order chi connectivity index (χ1) is 11.1. The molecule has 2 aromatic carbocycles. The summed E-state index contributed by atoms with van der Waals surface area (Å²) in [5, 5.41) is 4.22. The zero-order valence-corrected chi connectivity index (χ0v) is 13.3. The number of hydrogen-bond acceptors (Lipinski definition) is 3. The molecule has 3 nitrogen and oxygen atoms in total. The van der Waals surface area contributed by atoms with Crippen LogP contribution in [0, 0.1) is 12.7 Å². The SMILES string of the molecule is Cc1nc(-c2c(F)cc(Cl)cc2-c2ccc3c(c2)CCC3)no1. The Kier molecular flexibility index (Phi) is 3.42. The summed E-state index contributed by atoms with van der Waals surface area (Å²) >= 11 is 6.08. The molecule has 0 saturated carbocycles. The van der Waals surface area contributed by atoms with Crippen molar-refractivity contribution in [2.24, 2.45) is 0 Å². The maximum Gasteiger partial charge on any atom is 0.223 e. The number of aryl methyl sites for hydroxylation is 3. The Hall–Kier alpha value is -2.20. The molecule has 0 spiro atoms. The van der Waals surface area contributed by atoms with Crippen LogP contribution in [0.2, 0.25) is 5.02 Å². The highest BCUT2D eigenvalue weighted by Crippen LogP contribution is 2.37. The maximum absolute atomic E-state index is 14.6. The number of fused-ring (bicyclic) bond motifs is 1. The molecule has 0 unspecified atom stereocenters. The van der Waals surface area contributed by atoms with Gasteiger partial charge in [0, 0.05) is 11.9 Å². The number of benzene rings is 2. The van der Waals surface area contributed by atoms with E-state index >= 15 is 0 Å². The molecular weight excluding hydrogens is 315 g/mol. The number of hydrogen-bond donors (Lipinski definition) is 0. The second-order valence-corrected chi connectivity index (χ2v) is 6.22. The van der Waals surface area contributed by atoms with E-state index in [-0.39, 0.29) is 5.82 Å². The molecule has 1 aliphatic rings. The van der Waals surface area contributed by atoms with Crippen LogP contribution in [-0.4, -0.2) is 10.1 Å². The van der Waals surface area contributed by atoms with Crippen LogP contribution in [0.4, 0.5) is 4.39 Å². The number of rotatable bonds is 2. The summed E-state index contributed by atoms with van der Waals surface area (Å²) in [6, 6.07) is 9.26. The zero-order valence-electron chi connectivity index (χ0n) is 12.6. The molecule has 0 N–H and O–H groups in total. The molecule has 0 saturated heterocycles. The van der Waals surface area contributed by atoms with E-state index in [0.717, 1.165) is 18.4 Å². The predicted molar refractivity (Wildman–Crippen MR) is 86.9 cm³/mol. The van der Waals surface area contributed by atoms with Crippen LogP contribution in [0.3, 0.4) is 0 Å². The molecule has 5 heteroatoms. The van der Waals surface area contributed by atoms with Gasteiger partial charge < -0.3 is 4.52 Å². The van der Waals surface area contributed by atoms with E-state index in [2.05, 4.69) is 22.3 Å². The quantitative estimate of drug-likeness (QED) is 0.665. The van der Waals surface area contributed by atoms with Gasteiger partial charge in [-0.15, -0.1) is 0 Å². The topological polar surface area (TPSA) is 38.9 Å². The summed E-state index contributed by atoms with van der Waals surface area (Å²) in [7, 11) is 0. The van der Waals surface area contributed by atoms with Crippen LogP contribution in [0.5, 0.6) is 0 Å². The van der Waals surface area contributed by atoms with Gasteiger partial charge in [0.2, 0.25) is 11.7 Å². The molecule has 116 valence electrons. The third-order valence-corrected chi connectivity index (χ3v) is 4.43. The summed E-state index contributed by atoms with van der Waals surface area (Å²) in [4.78, 5) is 4.17. The molecule has 0 aliphatic heterocycles. The first kappa shape index (κ1) is 14.4. The smallest absolute Gasteiger partial charge is 0.223 e. The molecule has 0 amide bonds. The Morgan fingerprint density at radius 3 is 2.74 bits per heavy atom. The molecule has 0 radical (unpaired) electrons. The third kappa shape index (κ3) is 2.53. The van der Waals surface area contributed by atoms with Crippen molar-refractivity contribution in [2.45, 2.75) is 26.2 Å². The number of halogens is 2. The monoisotopic (exact) mass is 328 g/mol. The minimum Gasteiger partial charge on any atom is -0.339 e. The molecule has 0 fully saturated rings. The Morgan fingerprint density at radius 2 is 1.96 bits per heavy atom. The molecule has 4 rings (SSSR count). The first-order valence-electron chi connectivity index (χ1n) is 7.54. The second-order valence-electron chi connectivity index (χ2n) is 5.78. The predicted octanol–water partition coefficient (Wildman–Crippen LogP) is 4.99. The van der Waals surface area contributed by atoms with E-state index < -0.39 is 5.82 Å². The van der Waals surface area contributed by atoms with Gasteiger partial charge in [0.15, 0.2) is 0 Å². The van der Waals surface area contributed by atoms with E-state index in [9.17, 15) is 4.39 Å². The van der Waals surface area contributed by atoms with Crippen molar-refractivity contribution in [3.8, 4) is 22.5 Å². The van der Waals surface area contributed by atoms with Crippen LogP contribution in [0.1, 0.15) is 23.4 Å². The van der Waals surface area contributed by atoms with Gasteiger partial charge in [0.25, 0.3) is 0 Å². The Bertz CT molecular complexity index is 904. The van der Waals surface area contributed by atoms with Gasteiger partial charge in [-0.05, 0) is 53.6 Å². The van der Waals surface area contributed by atoms with Gasteiger partial charge >= 0.3 is 0 Å². The highest BCUT2D eigenvalue weighted by atomic mass is 35.5.